The van der Waals surface area contributed by atoms with Crippen molar-refractivity contribution < 1.29 is 14.3 Å². The van der Waals surface area contributed by atoms with Gasteiger partial charge in [-0.3, -0.25) is 9.89 Å². The minimum atomic E-state index is -0.157. The molecule has 1 fully saturated rings. The molecule has 6 heteroatoms. The van der Waals surface area contributed by atoms with Gasteiger partial charge in [-0.15, -0.1) is 0 Å². The second kappa shape index (κ2) is 9.92. The highest BCUT2D eigenvalue weighted by molar-refractivity contribution is 6.00. The first-order chi connectivity index (χ1) is 16.7. The smallest absolute Gasteiger partial charge is 0.273 e. The molecule has 0 saturated heterocycles. The average molecular weight is 460 g/mol. The predicted octanol–water partition coefficient (Wildman–Crippen LogP) is 6.14. The summed E-state index contributed by atoms with van der Waals surface area (Å²) in [7, 11) is 1.66. The number of ether oxygens (including phenoxy) is 2. The Labute approximate surface area is 201 Å². The SMILES string of the molecule is CCCCCOc1ccc(C2c3c(-c4ccc(OC)cc4)n[nH]c3C(=O)N2C2CCCC2)cc1. The van der Waals surface area contributed by atoms with Gasteiger partial charge in [0.2, 0.25) is 0 Å². The van der Waals surface area contributed by atoms with Crippen LogP contribution in [-0.2, 0) is 0 Å². The van der Waals surface area contributed by atoms with E-state index in [4.69, 9.17) is 9.47 Å². The molecule has 1 amide bonds. The van der Waals surface area contributed by atoms with Crippen molar-refractivity contribution in [3.63, 3.8) is 0 Å². The highest BCUT2D eigenvalue weighted by Crippen LogP contribution is 2.46. The molecular formula is C28H33N3O3. The fourth-order valence-corrected chi connectivity index (χ4v) is 5.31. The number of aromatic amines is 1. The van der Waals surface area contributed by atoms with Crippen LogP contribution < -0.4 is 9.47 Å². The normalized spacial score (nSPS) is 17.9. The molecule has 178 valence electrons. The van der Waals surface area contributed by atoms with Crippen LogP contribution in [0.1, 0.15) is 79.5 Å². The molecule has 34 heavy (non-hydrogen) atoms. The largest absolute Gasteiger partial charge is 0.497 e. The number of unbranched alkanes of at least 4 members (excludes halogenated alkanes) is 2. The van der Waals surface area contributed by atoms with Gasteiger partial charge in [0.15, 0.2) is 0 Å². The molecule has 2 heterocycles. The Morgan fingerprint density at radius 2 is 1.71 bits per heavy atom. The van der Waals surface area contributed by atoms with Gasteiger partial charge >= 0.3 is 0 Å². The molecule has 2 aliphatic rings. The molecule has 3 aromatic rings. The number of benzene rings is 2. The third-order valence-electron chi connectivity index (χ3n) is 7.10. The van der Waals surface area contributed by atoms with Crippen LogP contribution >= 0.6 is 0 Å². The van der Waals surface area contributed by atoms with E-state index < -0.39 is 0 Å². The Bertz CT molecular complexity index is 1110. The number of nitrogens with zero attached hydrogens (tertiary/aromatic N) is 2. The zero-order valence-electron chi connectivity index (χ0n) is 20.0. The molecule has 1 saturated carbocycles. The van der Waals surface area contributed by atoms with Crippen LogP contribution in [0.15, 0.2) is 48.5 Å². The summed E-state index contributed by atoms with van der Waals surface area (Å²) >= 11 is 0. The van der Waals surface area contributed by atoms with Crippen LogP contribution in [-0.4, -0.2) is 40.8 Å². The highest BCUT2D eigenvalue weighted by atomic mass is 16.5. The van der Waals surface area contributed by atoms with E-state index in [0.717, 1.165) is 59.8 Å². The number of nitrogens with one attached hydrogen (secondary N) is 1. The molecule has 0 bridgehead atoms. The number of aromatic nitrogens is 2. The van der Waals surface area contributed by atoms with Crippen LogP contribution in [0.5, 0.6) is 11.5 Å². The summed E-state index contributed by atoms with van der Waals surface area (Å²) < 4.78 is 11.3. The van der Waals surface area contributed by atoms with E-state index in [1.807, 2.05) is 36.4 Å². The summed E-state index contributed by atoms with van der Waals surface area (Å²) in [6.07, 6.45) is 7.86. The monoisotopic (exact) mass is 459 g/mol. The maximum atomic E-state index is 13.6. The van der Waals surface area contributed by atoms with Gasteiger partial charge in [-0.05, 0) is 61.2 Å². The molecule has 1 N–H and O–H groups in total. The van der Waals surface area contributed by atoms with Gasteiger partial charge < -0.3 is 14.4 Å². The van der Waals surface area contributed by atoms with Crippen molar-refractivity contribution in [2.45, 2.75) is 64.0 Å². The molecule has 1 unspecified atom stereocenters. The minimum Gasteiger partial charge on any atom is -0.497 e. The number of H-pyrrole nitrogens is 1. The topological polar surface area (TPSA) is 67.5 Å². The predicted molar refractivity (Wildman–Crippen MR) is 132 cm³/mol. The van der Waals surface area contributed by atoms with Crippen LogP contribution in [0.25, 0.3) is 11.3 Å². The number of carbonyl (C=O) groups is 1. The molecule has 2 aromatic carbocycles. The number of rotatable bonds is 9. The van der Waals surface area contributed by atoms with Crippen LogP contribution in [0.3, 0.4) is 0 Å². The zero-order chi connectivity index (χ0) is 23.5. The van der Waals surface area contributed by atoms with Crippen molar-refractivity contribution in [3.05, 3.63) is 65.4 Å². The number of hydrogen-bond donors (Lipinski definition) is 1. The third kappa shape index (κ3) is 4.17. The minimum absolute atomic E-state index is 0.0547. The van der Waals surface area contributed by atoms with Gasteiger partial charge in [0.05, 0.1) is 25.5 Å². The molecule has 6 nitrogen and oxygen atoms in total. The van der Waals surface area contributed by atoms with E-state index >= 15 is 0 Å². The molecule has 1 aromatic heterocycles. The van der Waals surface area contributed by atoms with E-state index in [-0.39, 0.29) is 18.0 Å². The number of hydrogen-bond acceptors (Lipinski definition) is 4. The highest BCUT2D eigenvalue weighted by Gasteiger charge is 2.45. The molecule has 0 spiro atoms. The van der Waals surface area contributed by atoms with Crippen molar-refractivity contribution in [1.82, 2.24) is 15.1 Å². The summed E-state index contributed by atoms with van der Waals surface area (Å²) in [5, 5.41) is 7.66. The quantitative estimate of drug-likeness (QED) is 0.390. The number of carbonyl (C=O) groups excluding carboxylic acids is 1. The fourth-order valence-electron chi connectivity index (χ4n) is 5.31. The molecule has 5 rings (SSSR count). The van der Waals surface area contributed by atoms with E-state index in [0.29, 0.717) is 5.69 Å². The zero-order valence-corrected chi connectivity index (χ0v) is 20.0. The number of amides is 1. The molecular weight excluding hydrogens is 426 g/mol. The van der Waals surface area contributed by atoms with Crippen LogP contribution in [0.2, 0.25) is 0 Å². The Hall–Kier alpha value is -3.28. The molecule has 1 atom stereocenters. The summed E-state index contributed by atoms with van der Waals surface area (Å²) in [5.74, 6) is 1.73. The maximum absolute atomic E-state index is 13.6. The van der Waals surface area contributed by atoms with E-state index in [2.05, 4.69) is 34.2 Å². The molecule has 0 radical (unpaired) electrons. The molecule has 1 aliphatic heterocycles. The van der Waals surface area contributed by atoms with Gasteiger partial charge in [0.25, 0.3) is 5.91 Å². The lowest BCUT2D eigenvalue weighted by atomic mass is 9.95. The van der Waals surface area contributed by atoms with E-state index in [9.17, 15) is 4.79 Å². The van der Waals surface area contributed by atoms with E-state index in [1.54, 1.807) is 7.11 Å². The number of methoxy groups -OCH3 is 1. The Balaban J connectivity index is 1.50. The summed E-state index contributed by atoms with van der Waals surface area (Å²) in [4.78, 5) is 15.7. The van der Waals surface area contributed by atoms with Crippen molar-refractivity contribution in [3.8, 4) is 22.8 Å². The first kappa shape index (κ1) is 22.5. The number of fused-ring (bicyclic) bond motifs is 1. The Kier molecular flexibility index (Phi) is 6.57. The van der Waals surface area contributed by atoms with Crippen LogP contribution in [0.4, 0.5) is 0 Å². The van der Waals surface area contributed by atoms with Crippen molar-refractivity contribution in [2.24, 2.45) is 0 Å². The summed E-state index contributed by atoms with van der Waals surface area (Å²) in [6.45, 7) is 2.93. The first-order valence-electron chi connectivity index (χ1n) is 12.5. The standard InChI is InChI=1S/C28H33N3O3/c1-3-4-7-18-34-23-16-12-20(13-17-23)27-24-25(19-10-14-22(33-2)15-11-19)29-30-26(24)28(32)31(27)21-8-5-6-9-21/h10-17,21,27H,3-9,18H2,1-2H3,(H,29,30). The van der Waals surface area contributed by atoms with E-state index in [1.165, 1.54) is 25.7 Å². The van der Waals surface area contributed by atoms with Gasteiger partial charge in [0, 0.05) is 17.2 Å². The maximum Gasteiger partial charge on any atom is 0.273 e. The Morgan fingerprint density at radius 3 is 2.38 bits per heavy atom. The lowest BCUT2D eigenvalue weighted by molar-refractivity contribution is 0.0660. The van der Waals surface area contributed by atoms with Crippen LogP contribution in [0, 0.1) is 0 Å². The Morgan fingerprint density at radius 1 is 1.00 bits per heavy atom. The average Bonchev–Trinajstić information content (AvgIpc) is 3.60. The summed E-state index contributed by atoms with van der Waals surface area (Å²) in [5.41, 5.74) is 4.48. The first-order valence-corrected chi connectivity index (χ1v) is 12.5. The lowest BCUT2D eigenvalue weighted by Crippen LogP contribution is -2.37. The second-order valence-electron chi connectivity index (χ2n) is 9.27. The van der Waals surface area contributed by atoms with Gasteiger partial charge in [-0.2, -0.15) is 5.10 Å². The fraction of sp³-hybridized carbons (Fsp3) is 0.429. The third-order valence-corrected chi connectivity index (χ3v) is 7.10. The molecule has 1 aliphatic carbocycles. The van der Waals surface area contributed by atoms with Gasteiger partial charge in [0.1, 0.15) is 17.2 Å². The summed E-state index contributed by atoms with van der Waals surface area (Å²) in [6, 6.07) is 16.2. The lowest BCUT2D eigenvalue weighted by Gasteiger charge is -2.32. The van der Waals surface area contributed by atoms with Crippen molar-refractivity contribution in [2.75, 3.05) is 13.7 Å². The van der Waals surface area contributed by atoms with Crippen molar-refractivity contribution >= 4 is 5.91 Å². The van der Waals surface area contributed by atoms with Crippen molar-refractivity contribution in [1.29, 1.82) is 0 Å². The second-order valence-corrected chi connectivity index (χ2v) is 9.27. The van der Waals surface area contributed by atoms with Gasteiger partial charge in [-0.1, -0.05) is 44.7 Å². The van der Waals surface area contributed by atoms with Gasteiger partial charge in [-0.25, -0.2) is 0 Å².